The summed E-state index contributed by atoms with van der Waals surface area (Å²) in [6, 6.07) is 7.35. The second-order valence-electron chi connectivity index (χ2n) is 5.99. The number of benzene rings is 1. The van der Waals surface area contributed by atoms with Crippen molar-refractivity contribution in [3.05, 3.63) is 48.6 Å². The predicted octanol–water partition coefficient (Wildman–Crippen LogP) is 1.80. The molecule has 0 atom stereocenters. The molecule has 1 amide bonds. The Hall–Kier alpha value is -2.12. The van der Waals surface area contributed by atoms with Gasteiger partial charge in [-0.25, -0.2) is 13.1 Å². The van der Waals surface area contributed by atoms with Gasteiger partial charge in [-0.1, -0.05) is 24.8 Å². The number of sulfonamides is 1. The van der Waals surface area contributed by atoms with E-state index in [9.17, 15) is 13.2 Å². The third-order valence-corrected chi connectivity index (χ3v) is 4.62. The van der Waals surface area contributed by atoms with Crippen LogP contribution >= 0.6 is 0 Å². The zero-order valence-corrected chi connectivity index (χ0v) is 15.2. The first-order valence-electron chi connectivity index (χ1n) is 8.15. The molecule has 1 saturated heterocycles. The van der Waals surface area contributed by atoms with E-state index in [0.717, 1.165) is 17.6 Å². The van der Waals surface area contributed by atoms with Crippen molar-refractivity contribution in [2.45, 2.75) is 18.9 Å². The molecular formula is C18H24N2O4S. The van der Waals surface area contributed by atoms with Crippen molar-refractivity contribution >= 4 is 22.0 Å². The van der Waals surface area contributed by atoms with E-state index in [4.69, 9.17) is 4.74 Å². The van der Waals surface area contributed by atoms with Gasteiger partial charge in [-0.2, -0.15) is 0 Å². The van der Waals surface area contributed by atoms with Crippen molar-refractivity contribution in [2.24, 2.45) is 0 Å². The maximum Gasteiger partial charge on any atom is 0.246 e. The van der Waals surface area contributed by atoms with Crippen molar-refractivity contribution in [2.75, 3.05) is 26.0 Å². The summed E-state index contributed by atoms with van der Waals surface area (Å²) >= 11 is 0. The minimum atomic E-state index is -3.20. The molecule has 2 rings (SSSR count). The summed E-state index contributed by atoms with van der Waals surface area (Å²) in [5.41, 5.74) is 0.910. The Morgan fingerprint density at radius 2 is 1.96 bits per heavy atom. The van der Waals surface area contributed by atoms with Gasteiger partial charge in [0.15, 0.2) is 0 Å². The molecular weight excluding hydrogens is 340 g/mol. The van der Waals surface area contributed by atoms with Crippen LogP contribution in [0.3, 0.4) is 0 Å². The van der Waals surface area contributed by atoms with Crippen LogP contribution in [0.2, 0.25) is 0 Å². The number of likely N-dealkylation sites (tertiary alicyclic amines) is 1. The molecule has 0 bridgehead atoms. The third kappa shape index (κ3) is 6.72. The highest BCUT2D eigenvalue weighted by Crippen LogP contribution is 2.15. The summed E-state index contributed by atoms with van der Waals surface area (Å²) in [6.45, 7) is 5.15. The van der Waals surface area contributed by atoms with E-state index in [1.165, 1.54) is 0 Å². The van der Waals surface area contributed by atoms with Crippen LogP contribution in [-0.4, -0.2) is 51.2 Å². The largest absolute Gasteiger partial charge is 0.490 e. The Balaban J connectivity index is 1.83. The number of hydrogen-bond acceptors (Lipinski definition) is 4. The van der Waals surface area contributed by atoms with Crippen LogP contribution in [0.15, 0.2) is 43.0 Å². The average molecular weight is 364 g/mol. The normalized spacial score (nSPS) is 16.1. The molecule has 0 aromatic heterocycles. The van der Waals surface area contributed by atoms with Crippen LogP contribution < -0.4 is 9.46 Å². The zero-order chi connectivity index (χ0) is 18.3. The van der Waals surface area contributed by atoms with Crippen molar-refractivity contribution in [1.29, 1.82) is 0 Å². The maximum absolute atomic E-state index is 12.2. The first-order valence-corrected chi connectivity index (χ1v) is 10.0. The highest BCUT2D eigenvalue weighted by Gasteiger charge is 2.23. The lowest BCUT2D eigenvalue weighted by molar-refractivity contribution is -0.126. The van der Waals surface area contributed by atoms with E-state index in [2.05, 4.69) is 11.3 Å². The van der Waals surface area contributed by atoms with Crippen molar-refractivity contribution < 1.29 is 17.9 Å². The number of amides is 1. The molecule has 0 aliphatic carbocycles. The smallest absolute Gasteiger partial charge is 0.246 e. The number of nitrogens with zero attached hydrogens (tertiary/aromatic N) is 1. The molecule has 1 aliphatic rings. The molecule has 6 nitrogen and oxygen atoms in total. The van der Waals surface area contributed by atoms with Gasteiger partial charge in [-0.15, -0.1) is 0 Å². The Morgan fingerprint density at radius 1 is 1.32 bits per heavy atom. The molecule has 1 aromatic carbocycles. The van der Waals surface area contributed by atoms with Crippen molar-refractivity contribution in [1.82, 2.24) is 9.62 Å². The summed E-state index contributed by atoms with van der Waals surface area (Å²) in [4.78, 5) is 14.0. The monoisotopic (exact) mass is 364 g/mol. The number of hydrogen-bond donors (Lipinski definition) is 1. The van der Waals surface area contributed by atoms with Gasteiger partial charge in [0, 0.05) is 25.2 Å². The van der Waals surface area contributed by atoms with Crippen molar-refractivity contribution in [3.8, 4) is 5.75 Å². The first-order chi connectivity index (χ1) is 11.9. The van der Waals surface area contributed by atoms with Crippen LogP contribution in [0.4, 0.5) is 0 Å². The molecule has 7 heteroatoms. The first kappa shape index (κ1) is 19.2. The molecule has 1 aliphatic heterocycles. The quantitative estimate of drug-likeness (QED) is 0.591. The van der Waals surface area contributed by atoms with Gasteiger partial charge in [-0.05, 0) is 36.6 Å². The Labute approximate surface area is 149 Å². The molecule has 1 N–H and O–H groups in total. The minimum absolute atomic E-state index is 0.0650. The molecule has 0 spiro atoms. The van der Waals surface area contributed by atoms with Gasteiger partial charge in [0.2, 0.25) is 15.9 Å². The average Bonchev–Trinajstić information content (AvgIpc) is 2.58. The summed E-state index contributed by atoms with van der Waals surface area (Å²) in [7, 11) is -3.20. The zero-order valence-electron chi connectivity index (χ0n) is 14.3. The number of nitrogens with one attached hydrogen (secondary N) is 1. The Kier molecular flexibility index (Phi) is 6.78. The van der Waals surface area contributed by atoms with E-state index in [-0.39, 0.29) is 11.9 Å². The molecule has 0 unspecified atom stereocenters. The number of rotatable bonds is 7. The van der Waals surface area contributed by atoms with Crippen LogP contribution in [0.25, 0.3) is 6.08 Å². The second kappa shape index (κ2) is 8.82. The van der Waals surface area contributed by atoms with Gasteiger partial charge in [0.25, 0.3) is 0 Å². The molecule has 25 heavy (non-hydrogen) atoms. The van der Waals surface area contributed by atoms with E-state index < -0.39 is 10.0 Å². The molecule has 1 fully saturated rings. The molecule has 1 heterocycles. The molecule has 0 radical (unpaired) electrons. The fourth-order valence-electron chi connectivity index (χ4n) is 2.62. The lowest BCUT2D eigenvalue weighted by Crippen LogP contribution is -2.45. The molecule has 0 saturated carbocycles. The minimum Gasteiger partial charge on any atom is -0.490 e. The number of carbonyl (C=O) groups is 1. The SMILES string of the molecule is C=CCOc1ccc(C=CC(=O)N2CCC(NS(C)(=O)=O)CC2)cc1. The highest BCUT2D eigenvalue weighted by atomic mass is 32.2. The van der Waals surface area contributed by atoms with E-state index >= 15 is 0 Å². The van der Waals surface area contributed by atoms with Gasteiger partial charge >= 0.3 is 0 Å². The second-order valence-corrected chi connectivity index (χ2v) is 7.77. The standard InChI is InChI=1S/C18H24N2O4S/c1-3-14-24-17-7-4-15(5-8-17)6-9-18(21)20-12-10-16(11-13-20)19-25(2,22)23/h3-9,16,19H,1,10-14H2,2H3. The summed E-state index contributed by atoms with van der Waals surface area (Å²) < 4.78 is 30.5. The van der Waals surface area contributed by atoms with E-state index in [1.54, 1.807) is 23.1 Å². The highest BCUT2D eigenvalue weighted by molar-refractivity contribution is 7.88. The van der Waals surface area contributed by atoms with Crippen LogP contribution in [0.5, 0.6) is 5.75 Å². The Morgan fingerprint density at radius 3 is 2.52 bits per heavy atom. The molecule has 1 aromatic rings. The summed E-state index contributed by atoms with van der Waals surface area (Å²) in [5, 5.41) is 0. The van der Waals surface area contributed by atoms with Gasteiger partial charge in [0.05, 0.1) is 6.26 Å². The summed E-state index contributed by atoms with van der Waals surface area (Å²) in [6.07, 6.45) is 7.40. The van der Waals surface area contributed by atoms with E-state index in [0.29, 0.717) is 32.5 Å². The van der Waals surface area contributed by atoms with Gasteiger partial charge in [0.1, 0.15) is 12.4 Å². The maximum atomic E-state index is 12.2. The van der Waals surface area contributed by atoms with Crippen LogP contribution in [0.1, 0.15) is 18.4 Å². The third-order valence-electron chi connectivity index (χ3n) is 3.85. The van der Waals surface area contributed by atoms with Gasteiger partial charge < -0.3 is 9.64 Å². The lowest BCUT2D eigenvalue weighted by atomic mass is 10.1. The van der Waals surface area contributed by atoms with Crippen LogP contribution in [-0.2, 0) is 14.8 Å². The summed E-state index contributed by atoms with van der Waals surface area (Å²) in [5.74, 6) is 0.689. The Bertz CT molecular complexity index is 718. The van der Waals surface area contributed by atoms with E-state index in [1.807, 2.05) is 24.3 Å². The fourth-order valence-corrected chi connectivity index (χ4v) is 3.46. The van der Waals surface area contributed by atoms with Crippen LogP contribution in [0, 0.1) is 0 Å². The lowest BCUT2D eigenvalue weighted by Gasteiger charge is -2.31. The fraction of sp³-hybridized carbons (Fsp3) is 0.389. The number of carbonyl (C=O) groups excluding carboxylic acids is 1. The number of ether oxygens (including phenoxy) is 1. The molecule has 136 valence electrons. The van der Waals surface area contributed by atoms with Gasteiger partial charge in [-0.3, -0.25) is 4.79 Å². The predicted molar refractivity (Wildman–Crippen MR) is 98.7 cm³/mol. The number of piperidine rings is 1. The topological polar surface area (TPSA) is 75.7 Å². The van der Waals surface area contributed by atoms with Crippen molar-refractivity contribution in [3.63, 3.8) is 0 Å².